The summed E-state index contributed by atoms with van der Waals surface area (Å²) in [6, 6.07) is 8.08. The van der Waals surface area contributed by atoms with E-state index in [0.717, 1.165) is 24.7 Å². The van der Waals surface area contributed by atoms with Gasteiger partial charge >= 0.3 is 0 Å². The Kier molecular flexibility index (Phi) is 5.81. The number of ether oxygens (including phenoxy) is 1. The Morgan fingerprint density at radius 3 is 2.81 bits per heavy atom. The fourth-order valence-corrected chi connectivity index (χ4v) is 1.92. The molecule has 16 heavy (non-hydrogen) atoms. The van der Waals surface area contributed by atoms with E-state index in [-0.39, 0.29) is 0 Å². The van der Waals surface area contributed by atoms with Gasteiger partial charge in [0.25, 0.3) is 0 Å². The van der Waals surface area contributed by atoms with Crippen molar-refractivity contribution in [3.63, 3.8) is 0 Å². The van der Waals surface area contributed by atoms with Crippen LogP contribution in [-0.4, -0.2) is 38.8 Å². The monoisotopic (exact) mass is 241 g/mol. The molecule has 0 spiro atoms. The van der Waals surface area contributed by atoms with Crippen molar-refractivity contribution >= 4 is 11.6 Å². The number of methoxy groups -OCH3 is 1. The first-order valence-electron chi connectivity index (χ1n) is 5.56. The number of nitrogens with zero attached hydrogens (tertiary/aromatic N) is 1. The first-order chi connectivity index (χ1) is 7.63. The molecule has 0 heterocycles. The summed E-state index contributed by atoms with van der Waals surface area (Å²) in [5, 5.41) is 0.809. The Morgan fingerprint density at radius 1 is 1.44 bits per heavy atom. The van der Waals surface area contributed by atoms with Gasteiger partial charge in [-0.2, -0.15) is 0 Å². The first-order valence-corrected chi connectivity index (χ1v) is 5.94. The molecule has 0 amide bonds. The molecule has 0 saturated carbocycles. The molecule has 0 fully saturated rings. The molecule has 0 radical (unpaired) electrons. The van der Waals surface area contributed by atoms with E-state index in [2.05, 4.69) is 24.9 Å². The van der Waals surface area contributed by atoms with Crippen molar-refractivity contribution < 1.29 is 4.74 Å². The van der Waals surface area contributed by atoms with E-state index in [1.807, 2.05) is 18.2 Å². The minimum absolute atomic E-state index is 0.487. The van der Waals surface area contributed by atoms with Gasteiger partial charge in [0.2, 0.25) is 0 Å². The van der Waals surface area contributed by atoms with Gasteiger partial charge < -0.3 is 9.64 Å². The maximum absolute atomic E-state index is 5.98. The average Bonchev–Trinajstić information content (AvgIpc) is 2.26. The highest BCUT2D eigenvalue weighted by molar-refractivity contribution is 6.30. The van der Waals surface area contributed by atoms with Gasteiger partial charge in [0.15, 0.2) is 0 Å². The van der Waals surface area contributed by atoms with E-state index in [9.17, 15) is 0 Å². The molecule has 2 nitrogen and oxygen atoms in total. The lowest BCUT2D eigenvalue weighted by molar-refractivity contribution is 0.159. The second kappa shape index (κ2) is 6.89. The maximum atomic E-state index is 5.98. The molecule has 0 aliphatic carbocycles. The third-order valence-electron chi connectivity index (χ3n) is 2.68. The summed E-state index contributed by atoms with van der Waals surface area (Å²) >= 11 is 5.98. The molecule has 3 heteroatoms. The Balaban J connectivity index is 2.48. The standard InChI is InChI=1S/C13H20ClNO/c1-11(10-15(2)7-8-16-3)12-5-4-6-13(14)9-12/h4-6,9,11H,7-8,10H2,1-3H3. The largest absolute Gasteiger partial charge is 0.383 e. The fourth-order valence-electron chi connectivity index (χ4n) is 1.72. The quantitative estimate of drug-likeness (QED) is 0.759. The smallest absolute Gasteiger partial charge is 0.0589 e. The summed E-state index contributed by atoms with van der Waals surface area (Å²) in [6.45, 7) is 4.97. The molecule has 1 rings (SSSR count). The van der Waals surface area contributed by atoms with Gasteiger partial charge in [-0.25, -0.2) is 0 Å². The predicted molar refractivity (Wildman–Crippen MR) is 69.2 cm³/mol. The zero-order valence-electron chi connectivity index (χ0n) is 10.2. The van der Waals surface area contributed by atoms with Crippen LogP contribution in [0, 0.1) is 0 Å². The zero-order valence-corrected chi connectivity index (χ0v) is 11.0. The van der Waals surface area contributed by atoms with Crippen LogP contribution in [0.4, 0.5) is 0 Å². The van der Waals surface area contributed by atoms with Crippen LogP contribution in [0.1, 0.15) is 18.4 Å². The van der Waals surface area contributed by atoms with Crippen LogP contribution in [0.5, 0.6) is 0 Å². The Morgan fingerprint density at radius 2 is 2.19 bits per heavy atom. The molecule has 0 aliphatic rings. The zero-order chi connectivity index (χ0) is 12.0. The summed E-state index contributed by atoms with van der Waals surface area (Å²) in [4.78, 5) is 2.27. The lowest BCUT2D eigenvalue weighted by atomic mass is 10.0. The second-order valence-electron chi connectivity index (χ2n) is 4.21. The maximum Gasteiger partial charge on any atom is 0.0589 e. The number of benzene rings is 1. The SMILES string of the molecule is COCCN(C)CC(C)c1cccc(Cl)c1. The lowest BCUT2D eigenvalue weighted by Crippen LogP contribution is -2.27. The van der Waals surface area contributed by atoms with Gasteiger partial charge in [-0.1, -0.05) is 30.7 Å². The van der Waals surface area contributed by atoms with Crippen LogP contribution in [0.2, 0.25) is 5.02 Å². The lowest BCUT2D eigenvalue weighted by Gasteiger charge is -2.21. The average molecular weight is 242 g/mol. The Hall–Kier alpha value is -0.570. The van der Waals surface area contributed by atoms with Crippen molar-refractivity contribution in [3.05, 3.63) is 34.9 Å². The van der Waals surface area contributed by atoms with Crippen LogP contribution < -0.4 is 0 Å². The van der Waals surface area contributed by atoms with Gasteiger partial charge in [-0.3, -0.25) is 0 Å². The molecule has 1 aromatic carbocycles. The van der Waals surface area contributed by atoms with Crippen molar-refractivity contribution in [2.45, 2.75) is 12.8 Å². The van der Waals surface area contributed by atoms with Gasteiger partial charge in [-0.05, 0) is 30.7 Å². The highest BCUT2D eigenvalue weighted by atomic mass is 35.5. The molecule has 0 bridgehead atoms. The number of rotatable bonds is 6. The van der Waals surface area contributed by atoms with Crippen molar-refractivity contribution in [1.82, 2.24) is 4.90 Å². The van der Waals surface area contributed by atoms with Gasteiger partial charge in [-0.15, -0.1) is 0 Å². The molecule has 1 unspecified atom stereocenters. The van der Waals surface area contributed by atoms with E-state index in [1.54, 1.807) is 7.11 Å². The highest BCUT2D eigenvalue weighted by Gasteiger charge is 2.08. The van der Waals surface area contributed by atoms with Crippen LogP contribution in [0.25, 0.3) is 0 Å². The molecule has 0 saturated heterocycles. The van der Waals surface area contributed by atoms with E-state index >= 15 is 0 Å². The van der Waals surface area contributed by atoms with Crippen molar-refractivity contribution in [2.75, 3.05) is 33.9 Å². The minimum Gasteiger partial charge on any atom is -0.383 e. The molecule has 1 atom stereocenters. The van der Waals surface area contributed by atoms with E-state index in [0.29, 0.717) is 5.92 Å². The fraction of sp³-hybridized carbons (Fsp3) is 0.538. The molecular formula is C13H20ClNO. The number of halogens is 1. The summed E-state index contributed by atoms with van der Waals surface area (Å²) in [6.07, 6.45) is 0. The van der Waals surface area contributed by atoms with Crippen LogP contribution in [0.15, 0.2) is 24.3 Å². The van der Waals surface area contributed by atoms with Gasteiger partial charge in [0.05, 0.1) is 6.61 Å². The van der Waals surface area contributed by atoms with Crippen LogP contribution in [0.3, 0.4) is 0 Å². The predicted octanol–water partition coefficient (Wildman–Crippen LogP) is 3.02. The molecular weight excluding hydrogens is 222 g/mol. The van der Waals surface area contributed by atoms with Gasteiger partial charge in [0.1, 0.15) is 0 Å². The van der Waals surface area contributed by atoms with E-state index < -0.39 is 0 Å². The Bertz CT molecular complexity index is 317. The van der Waals surface area contributed by atoms with E-state index in [4.69, 9.17) is 16.3 Å². The summed E-state index contributed by atoms with van der Waals surface area (Å²) in [7, 11) is 3.84. The van der Waals surface area contributed by atoms with Crippen molar-refractivity contribution in [3.8, 4) is 0 Å². The second-order valence-corrected chi connectivity index (χ2v) is 4.65. The molecule has 0 N–H and O–H groups in total. The third-order valence-corrected chi connectivity index (χ3v) is 2.92. The summed E-state index contributed by atoms with van der Waals surface area (Å²) in [5.74, 6) is 0.487. The summed E-state index contributed by atoms with van der Waals surface area (Å²) in [5.41, 5.74) is 1.29. The number of hydrogen-bond donors (Lipinski definition) is 0. The van der Waals surface area contributed by atoms with E-state index in [1.165, 1.54) is 5.56 Å². The topological polar surface area (TPSA) is 12.5 Å². The van der Waals surface area contributed by atoms with Crippen LogP contribution in [-0.2, 0) is 4.74 Å². The molecule has 90 valence electrons. The summed E-state index contributed by atoms with van der Waals surface area (Å²) < 4.78 is 5.06. The van der Waals surface area contributed by atoms with Crippen LogP contribution >= 0.6 is 11.6 Å². The van der Waals surface area contributed by atoms with Gasteiger partial charge in [0, 0.05) is 25.2 Å². The highest BCUT2D eigenvalue weighted by Crippen LogP contribution is 2.19. The number of likely N-dealkylation sites (N-methyl/N-ethyl adjacent to an activating group) is 1. The first kappa shape index (κ1) is 13.5. The van der Waals surface area contributed by atoms with Crippen molar-refractivity contribution in [1.29, 1.82) is 0 Å². The minimum atomic E-state index is 0.487. The molecule has 0 aromatic heterocycles. The number of hydrogen-bond acceptors (Lipinski definition) is 2. The normalized spacial score (nSPS) is 13.1. The molecule has 0 aliphatic heterocycles. The molecule has 1 aromatic rings. The Labute approximate surface area is 103 Å². The third kappa shape index (κ3) is 4.52. The van der Waals surface area contributed by atoms with Crippen molar-refractivity contribution in [2.24, 2.45) is 0 Å².